The standard InChI is InChI=1S/C10H8Br3NO/c11-6-1-2-9(8(13)3-6)14-5-7(12)4-10(14)15/h1-3,7H,4-5H2. The summed E-state index contributed by atoms with van der Waals surface area (Å²) in [6.45, 7) is 0.735. The molecule has 1 unspecified atom stereocenters. The van der Waals surface area contributed by atoms with Gasteiger partial charge >= 0.3 is 0 Å². The van der Waals surface area contributed by atoms with E-state index < -0.39 is 0 Å². The molecule has 1 heterocycles. The van der Waals surface area contributed by atoms with E-state index in [0.717, 1.165) is 21.2 Å². The molecule has 1 amide bonds. The normalized spacial score (nSPS) is 21.1. The quantitative estimate of drug-likeness (QED) is 0.661. The Hall–Kier alpha value is 0.130. The third-order valence-corrected chi connectivity index (χ3v) is 4.02. The van der Waals surface area contributed by atoms with Gasteiger partial charge < -0.3 is 4.90 Å². The van der Waals surface area contributed by atoms with Gasteiger partial charge in [0.2, 0.25) is 5.91 Å². The fourth-order valence-electron chi connectivity index (χ4n) is 1.60. The third kappa shape index (κ3) is 2.45. The number of carbonyl (C=O) groups is 1. The smallest absolute Gasteiger partial charge is 0.228 e. The van der Waals surface area contributed by atoms with E-state index in [1.807, 2.05) is 18.2 Å². The van der Waals surface area contributed by atoms with Crippen LogP contribution in [-0.2, 0) is 4.79 Å². The number of rotatable bonds is 1. The van der Waals surface area contributed by atoms with Crippen LogP contribution in [0.1, 0.15) is 6.42 Å². The molecule has 0 saturated carbocycles. The molecule has 0 bridgehead atoms. The van der Waals surface area contributed by atoms with E-state index in [2.05, 4.69) is 47.8 Å². The molecule has 1 aliphatic rings. The number of benzene rings is 1. The number of alkyl halides is 1. The van der Waals surface area contributed by atoms with Crippen molar-refractivity contribution in [3.63, 3.8) is 0 Å². The van der Waals surface area contributed by atoms with Crippen LogP contribution in [0.15, 0.2) is 27.1 Å². The number of anilines is 1. The first-order valence-corrected chi connectivity index (χ1v) is 6.97. The highest BCUT2D eigenvalue weighted by Crippen LogP contribution is 2.33. The first-order valence-electron chi connectivity index (χ1n) is 4.47. The van der Waals surface area contributed by atoms with Crippen LogP contribution < -0.4 is 4.90 Å². The van der Waals surface area contributed by atoms with Gasteiger partial charge in [-0.3, -0.25) is 4.79 Å². The molecular weight excluding hydrogens is 390 g/mol. The second kappa shape index (κ2) is 4.55. The van der Waals surface area contributed by atoms with Crippen LogP contribution >= 0.6 is 47.8 Å². The molecule has 1 atom stereocenters. The zero-order valence-corrected chi connectivity index (χ0v) is 12.5. The molecule has 2 nitrogen and oxygen atoms in total. The summed E-state index contributed by atoms with van der Waals surface area (Å²) in [6.07, 6.45) is 0.572. The molecule has 1 fully saturated rings. The lowest BCUT2D eigenvalue weighted by Crippen LogP contribution is -2.24. The second-order valence-electron chi connectivity index (χ2n) is 3.40. The minimum Gasteiger partial charge on any atom is -0.310 e. The summed E-state index contributed by atoms with van der Waals surface area (Å²) in [5.41, 5.74) is 0.935. The van der Waals surface area contributed by atoms with Crippen molar-refractivity contribution < 1.29 is 4.79 Å². The summed E-state index contributed by atoms with van der Waals surface area (Å²) < 4.78 is 1.94. The number of hydrogen-bond donors (Lipinski definition) is 0. The molecule has 0 spiro atoms. The van der Waals surface area contributed by atoms with Gasteiger partial charge in [-0.25, -0.2) is 0 Å². The number of halogens is 3. The molecule has 1 aliphatic heterocycles. The van der Waals surface area contributed by atoms with E-state index in [0.29, 0.717) is 6.42 Å². The molecule has 5 heteroatoms. The van der Waals surface area contributed by atoms with Gasteiger partial charge in [-0.05, 0) is 34.1 Å². The molecule has 1 saturated heterocycles. The van der Waals surface area contributed by atoms with Gasteiger partial charge in [-0.1, -0.05) is 31.9 Å². The molecule has 2 rings (SSSR count). The lowest BCUT2D eigenvalue weighted by atomic mass is 10.3. The van der Waals surface area contributed by atoms with E-state index in [9.17, 15) is 4.79 Å². The predicted molar refractivity (Wildman–Crippen MR) is 71.5 cm³/mol. The first kappa shape index (κ1) is 11.6. The van der Waals surface area contributed by atoms with Crippen LogP contribution in [-0.4, -0.2) is 17.3 Å². The van der Waals surface area contributed by atoms with Gasteiger partial charge in [0.25, 0.3) is 0 Å². The molecule has 0 radical (unpaired) electrons. The Labute approximate surface area is 113 Å². The highest BCUT2D eigenvalue weighted by Gasteiger charge is 2.29. The number of amides is 1. The Kier molecular flexibility index (Phi) is 3.52. The maximum absolute atomic E-state index is 11.7. The molecule has 0 N–H and O–H groups in total. The van der Waals surface area contributed by atoms with E-state index in [4.69, 9.17) is 0 Å². The maximum Gasteiger partial charge on any atom is 0.228 e. The molecular formula is C10H8Br3NO. The monoisotopic (exact) mass is 395 g/mol. The van der Waals surface area contributed by atoms with E-state index in [1.165, 1.54) is 0 Å². The number of hydrogen-bond acceptors (Lipinski definition) is 1. The van der Waals surface area contributed by atoms with Gasteiger partial charge in [-0.2, -0.15) is 0 Å². The molecule has 1 aromatic rings. The molecule has 1 aromatic carbocycles. The van der Waals surface area contributed by atoms with Crippen LogP contribution in [0, 0.1) is 0 Å². The summed E-state index contributed by atoms with van der Waals surface area (Å²) in [4.78, 5) is 13.8. The minimum absolute atomic E-state index is 0.167. The Balaban J connectivity index is 2.34. The Morgan fingerprint density at radius 2 is 2.07 bits per heavy atom. The van der Waals surface area contributed by atoms with Gasteiger partial charge in [0.05, 0.1) is 5.69 Å². The van der Waals surface area contributed by atoms with Gasteiger partial charge in [-0.15, -0.1) is 0 Å². The summed E-state index contributed by atoms with van der Waals surface area (Å²) in [7, 11) is 0. The molecule has 15 heavy (non-hydrogen) atoms. The summed E-state index contributed by atoms with van der Waals surface area (Å²) in [6, 6.07) is 5.83. The number of carbonyl (C=O) groups excluding carboxylic acids is 1. The van der Waals surface area contributed by atoms with Crippen molar-refractivity contribution in [2.45, 2.75) is 11.2 Å². The van der Waals surface area contributed by atoms with Crippen LogP contribution in [0.3, 0.4) is 0 Å². The van der Waals surface area contributed by atoms with Crippen molar-refractivity contribution in [1.82, 2.24) is 0 Å². The Morgan fingerprint density at radius 3 is 2.60 bits per heavy atom. The molecule has 0 aliphatic carbocycles. The van der Waals surface area contributed by atoms with Crippen molar-refractivity contribution >= 4 is 59.4 Å². The van der Waals surface area contributed by atoms with E-state index in [1.54, 1.807) is 4.90 Å². The average molecular weight is 398 g/mol. The zero-order valence-electron chi connectivity index (χ0n) is 7.71. The summed E-state index contributed by atoms with van der Waals surface area (Å²) in [5, 5.41) is 0. The van der Waals surface area contributed by atoms with Crippen molar-refractivity contribution in [1.29, 1.82) is 0 Å². The highest BCUT2D eigenvalue weighted by atomic mass is 79.9. The molecule has 80 valence electrons. The van der Waals surface area contributed by atoms with Gasteiger partial charge in [0.15, 0.2) is 0 Å². The van der Waals surface area contributed by atoms with Gasteiger partial charge in [0, 0.05) is 26.7 Å². The summed E-state index contributed by atoms with van der Waals surface area (Å²) in [5.74, 6) is 0.167. The Bertz CT molecular complexity index is 408. The average Bonchev–Trinajstić information content (AvgIpc) is 2.45. The van der Waals surface area contributed by atoms with E-state index in [-0.39, 0.29) is 10.7 Å². The topological polar surface area (TPSA) is 20.3 Å². The van der Waals surface area contributed by atoms with Gasteiger partial charge in [0.1, 0.15) is 0 Å². The SMILES string of the molecule is O=C1CC(Br)CN1c1ccc(Br)cc1Br. The lowest BCUT2D eigenvalue weighted by Gasteiger charge is -2.17. The lowest BCUT2D eigenvalue weighted by molar-refractivity contribution is -0.117. The summed E-state index contributed by atoms with van der Waals surface area (Å²) >= 11 is 10.3. The van der Waals surface area contributed by atoms with Crippen LogP contribution in [0.4, 0.5) is 5.69 Å². The third-order valence-electron chi connectivity index (χ3n) is 2.28. The fourth-order valence-corrected chi connectivity index (χ4v) is 3.42. The largest absolute Gasteiger partial charge is 0.310 e. The van der Waals surface area contributed by atoms with Crippen LogP contribution in [0.25, 0.3) is 0 Å². The predicted octanol–water partition coefficient (Wildman–Crippen LogP) is 3.71. The Morgan fingerprint density at radius 1 is 1.33 bits per heavy atom. The maximum atomic E-state index is 11.7. The van der Waals surface area contributed by atoms with Crippen molar-refractivity contribution in [2.75, 3.05) is 11.4 Å². The fraction of sp³-hybridized carbons (Fsp3) is 0.300. The van der Waals surface area contributed by atoms with Crippen molar-refractivity contribution in [3.05, 3.63) is 27.1 Å². The molecule has 0 aromatic heterocycles. The highest BCUT2D eigenvalue weighted by molar-refractivity contribution is 9.11. The number of nitrogens with zero attached hydrogens (tertiary/aromatic N) is 1. The van der Waals surface area contributed by atoms with Crippen LogP contribution in [0.5, 0.6) is 0 Å². The van der Waals surface area contributed by atoms with Crippen molar-refractivity contribution in [2.24, 2.45) is 0 Å². The van der Waals surface area contributed by atoms with Crippen LogP contribution in [0.2, 0.25) is 0 Å². The second-order valence-corrected chi connectivity index (χ2v) is 6.47. The van der Waals surface area contributed by atoms with E-state index >= 15 is 0 Å². The first-order chi connectivity index (χ1) is 7.08. The minimum atomic E-state index is 0.167. The zero-order chi connectivity index (χ0) is 11.0. The van der Waals surface area contributed by atoms with Crippen molar-refractivity contribution in [3.8, 4) is 0 Å².